The highest BCUT2D eigenvalue weighted by atomic mass is 16.2. The number of allylic oxidation sites excluding steroid dienone is 3. The molecular weight excluding hydrogens is 412 g/mol. The van der Waals surface area contributed by atoms with Crippen LogP contribution in [-0.2, 0) is 36.0 Å². The molecule has 0 radical (unpaired) electrons. The van der Waals surface area contributed by atoms with Gasteiger partial charge in [-0.3, -0.25) is 19.3 Å². The number of aryl methyl sites for hydroxylation is 2. The Balaban J connectivity index is 1.91. The summed E-state index contributed by atoms with van der Waals surface area (Å²) >= 11 is 0. The lowest BCUT2D eigenvalue weighted by atomic mass is 9.73. The summed E-state index contributed by atoms with van der Waals surface area (Å²) in [5.74, 6) is -0.418. The van der Waals surface area contributed by atoms with Crippen molar-refractivity contribution < 1.29 is 9.59 Å². The standard InChI is InChI=1S/C27H34N4O2/c1-18(12-19(2)28-5)15-27(21(4)32,16-25-13-20(3)30-31(25)6)26(33)29-17-22-10-11-23-8-7-9-24(23)14-22/h7,9-14H,8,15-17H2,1-6H3,(H,29,33)/b18-12+,28-19-. The van der Waals surface area contributed by atoms with Crippen LogP contribution in [0.5, 0.6) is 0 Å². The molecule has 0 fully saturated rings. The predicted octanol–water partition coefficient (Wildman–Crippen LogP) is 4.16. The monoisotopic (exact) mass is 446 g/mol. The van der Waals surface area contributed by atoms with Gasteiger partial charge in [0.15, 0.2) is 0 Å². The van der Waals surface area contributed by atoms with E-state index in [9.17, 15) is 9.59 Å². The first-order valence-corrected chi connectivity index (χ1v) is 11.3. The zero-order valence-corrected chi connectivity index (χ0v) is 20.5. The van der Waals surface area contributed by atoms with Crippen molar-refractivity contribution in [3.8, 4) is 0 Å². The fourth-order valence-corrected chi connectivity index (χ4v) is 4.48. The van der Waals surface area contributed by atoms with Crippen molar-refractivity contribution in [3.63, 3.8) is 0 Å². The molecule has 0 saturated heterocycles. The van der Waals surface area contributed by atoms with Crippen molar-refractivity contribution >= 4 is 23.5 Å². The van der Waals surface area contributed by atoms with E-state index in [1.807, 2.05) is 46.0 Å². The van der Waals surface area contributed by atoms with Crippen LogP contribution >= 0.6 is 0 Å². The van der Waals surface area contributed by atoms with Crippen LogP contribution in [0.25, 0.3) is 6.08 Å². The summed E-state index contributed by atoms with van der Waals surface area (Å²) in [6.45, 7) is 7.65. The SMILES string of the molecule is C/N=C(C)\C=C(/C)CC(Cc1cc(C)nn1C)(C(C)=O)C(=O)NCc1ccc2c(c1)C=CC2. The highest BCUT2D eigenvalue weighted by Gasteiger charge is 2.44. The van der Waals surface area contributed by atoms with Crippen molar-refractivity contribution in [1.82, 2.24) is 15.1 Å². The average molecular weight is 447 g/mol. The average Bonchev–Trinajstić information content (AvgIpc) is 3.35. The number of hydrogen-bond acceptors (Lipinski definition) is 4. The first-order valence-electron chi connectivity index (χ1n) is 11.3. The van der Waals surface area contributed by atoms with E-state index >= 15 is 0 Å². The summed E-state index contributed by atoms with van der Waals surface area (Å²) in [6, 6.07) is 8.19. The third-order valence-electron chi connectivity index (χ3n) is 6.38. The van der Waals surface area contributed by atoms with Crippen molar-refractivity contribution in [1.29, 1.82) is 0 Å². The molecule has 1 aliphatic carbocycles. The van der Waals surface area contributed by atoms with E-state index in [2.05, 4.69) is 39.7 Å². The molecule has 1 aliphatic rings. The van der Waals surface area contributed by atoms with Crippen LogP contribution in [0.4, 0.5) is 0 Å². The summed E-state index contributed by atoms with van der Waals surface area (Å²) in [5.41, 5.74) is 5.78. The van der Waals surface area contributed by atoms with Crippen molar-refractivity contribution in [2.24, 2.45) is 17.5 Å². The molecule has 1 N–H and O–H groups in total. The van der Waals surface area contributed by atoms with Gasteiger partial charge in [0.25, 0.3) is 0 Å². The Morgan fingerprint density at radius 1 is 1.24 bits per heavy atom. The van der Waals surface area contributed by atoms with Gasteiger partial charge in [-0.25, -0.2) is 0 Å². The number of aliphatic imine (C=N–C) groups is 1. The molecule has 1 atom stereocenters. The Kier molecular flexibility index (Phi) is 7.46. The molecule has 0 aliphatic heterocycles. The first kappa shape index (κ1) is 24.4. The number of carbonyl (C=O) groups is 2. The normalized spacial score (nSPS) is 15.3. The third-order valence-corrected chi connectivity index (χ3v) is 6.38. The number of carbonyl (C=O) groups excluding carboxylic acids is 2. The molecule has 1 amide bonds. The van der Waals surface area contributed by atoms with Gasteiger partial charge in [-0.1, -0.05) is 29.9 Å². The number of hydrogen-bond donors (Lipinski definition) is 1. The highest BCUT2D eigenvalue weighted by molar-refractivity contribution is 6.06. The second-order valence-electron chi connectivity index (χ2n) is 9.07. The molecule has 1 aromatic carbocycles. The lowest BCUT2D eigenvalue weighted by Crippen LogP contribution is -2.47. The van der Waals surface area contributed by atoms with Crippen LogP contribution in [0, 0.1) is 12.3 Å². The maximum absolute atomic E-state index is 13.7. The summed E-state index contributed by atoms with van der Waals surface area (Å²) in [4.78, 5) is 31.0. The number of benzene rings is 1. The zero-order valence-electron chi connectivity index (χ0n) is 20.5. The Bertz CT molecular complexity index is 1150. The summed E-state index contributed by atoms with van der Waals surface area (Å²) < 4.78 is 1.75. The van der Waals surface area contributed by atoms with Crippen LogP contribution < -0.4 is 5.32 Å². The first-order chi connectivity index (χ1) is 15.6. The van der Waals surface area contributed by atoms with Crippen LogP contribution in [0.15, 0.2) is 47.0 Å². The van der Waals surface area contributed by atoms with E-state index in [0.717, 1.165) is 34.7 Å². The van der Waals surface area contributed by atoms with Crippen molar-refractivity contribution in [2.75, 3.05) is 7.05 Å². The molecule has 1 heterocycles. The Morgan fingerprint density at radius 3 is 2.64 bits per heavy atom. The predicted molar refractivity (Wildman–Crippen MR) is 133 cm³/mol. The molecule has 6 nitrogen and oxygen atoms in total. The van der Waals surface area contributed by atoms with E-state index in [0.29, 0.717) is 13.0 Å². The molecule has 0 saturated carbocycles. The highest BCUT2D eigenvalue weighted by Crippen LogP contribution is 2.33. The number of nitrogens with zero attached hydrogens (tertiary/aromatic N) is 3. The number of amides is 1. The zero-order chi connectivity index (χ0) is 24.2. The fourth-order valence-electron chi connectivity index (χ4n) is 4.48. The van der Waals surface area contributed by atoms with Crippen LogP contribution in [-0.4, -0.2) is 34.2 Å². The van der Waals surface area contributed by atoms with Gasteiger partial charge in [0, 0.05) is 38.5 Å². The van der Waals surface area contributed by atoms with Crippen LogP contribution in [0.2, 0.25) is 0 Å². The molecule has 0 bridgehead atoms. The minimum absolute atomic E-state index is 0.158. The lowest BCUT2D eigenvalue weighted by molar-refractivity contribution is -0.141. The van der Waals surface area contributed by atoms with Gasteiger partial charge in [-0.2, -0.15) is 5.10 Å². The second kappa shape index (κ2) is 10.1. The second-order valence-corrected chi connectivity index (χ2v) is 9.07. The third kappa shape index (κ3) is 5.56. The minimum atomic E-state index is -1.23. The van der Waals surface area contributed by atoms with Crippen LogP contribution in [0.1, 0.15) is 55.3 Å². The Hall–Kier alpha value is -3.28. The van der Waals surface area contributed by atoms with Gasteiger partial charge in [0.05, 0.1) is 5.69 Å². The number of nitrogens with one attached hydrogen (secondary N) is 1. The summed E-state index contributed by atoms with van der Waals surface area (Å²) in [7, 11) is 3.58. The molecule has 2 aromatic rings. The molecule has 1 unspecified atom stereocenters. The van der Waals surface area contributed by atoms with Crippen LogP contribution in [0.3, 0.4) is 0 Å². The van der Waals surface area contributed by atoms with Gasteiger partial charge in [-0.15, -0.1) is 0 Å². The number of Topliss-reactive ketones (excluding diaryl/α,β-unsaturated/α-hetero) is 1. The molecule has 6 heteroatoms. The fraction of sp³-hybridized carbons (Fsp3) is 0.407. The van der Waals surface area contributed by atoms with E-state index in [1.165, 1.54) is 18.1 Å². The minimum Gasteiger partial charge on any atom is -0.351 e. The van der Waals surface area contributed by atoms with Crippen molar-refractivity contribution in [2.45, 2.75) is 53.5 Å². The molecule has 33 heavy (non-hydrogen) atoms. The molecule has 174 valence electrons. The number of fused-ring (bicyclic) bond motifs is 1. The smallest absolute Gasteiger partial charge is 0.234 e. The summed E-state index contributed by atoms with van der Waals surface area (Å²) in [6.07, 6.45) is 7.74. The Morgan fingerprint density at radius 2 is 2.00 bits per heavy atom. The van der Waals surface area contributed by atoms with E-state index < -0.39 is 5.41 Å². The van der Waals surface area contributed by atoms with Gasteiger partial charge in [-0.05, 0) is 75.4 Å². The molecule has 0 spiro atoms. The molecular formula is C27H34N4O2. The number of rotatable bonds is 9. The Labute approximate surface area is 196 Å². The van der Waals surface area contributed by atoms with E-state index in [4.69, 9.17) is 0 Å². The molecule has 3 rings (SSSR count). The van der Waals surface area contributed by atoms with Gasteiger partial charge >= 0.3 is 0 Å². The van der Waals surface area contributed by atoms with E-state index in [-0.39, 0.29) is 18.1 Å². The van der Waals surface area contributed by atoms with Gasteiger partial charge < -0.3 is 5.32 Å². The van der Waals surface area contributed by atoms with E-state index in [1.54, 1.807) is 11.7 Å². The maximum atomic E-state index is 13.7. The van der Waals surface area contributed by atoms with Gasteiger partial charge in [0.2, 0.25) is 5.91 Å². The van der Waals surface area contributed by atoms with Gasteiger partial charge in [0.1, 0.15) is 11.2 Å². The topological polar surface area (TPSA) is 76.3 Å². The molecule has 1 aromatic heterocycles. The number of ketones is 1. The largest absolute Gasteiger partial charge is 0.351 e. The lowest BCUT2D eigenvalue weighted by Gasteiger charge is -2.30. The summed E-state index contributed by atoms with van der Waals surface area (Å²) in [5, 5.41) is 7.48. The quantitative estimate of drug-likeness (QED) is 0.464. The van der Waals surface area contributed by atoms with Crippen molar-refractivity contribution in [3.05, 3.63) is 70.1 Å². The number of aromatic nitrogens is 2. The maximum Gasteiger partial charge on any atom is 0.234 e.